The molecule has 0 saturated heterocycles. The number of carbonyl (C=O) groups excluding carboxylic acids is 1. The Hall–Kier alpha value is -0.980. The van der Waals surface area contributed by atoms with Crippen LogP contribution in [0.4, 0.5) is 18.0 Å². The molecule has 0 radical (unpaired) electrons. The van der Waals surface area contributed by atoms with Gasteiger partial charge in [0, 0.05) is 6.54 Å². The second kappa shape index (κ2) is 5.69. The fraction of sp³-hybridized carbons (Fsp3) is 0.857. The van der Waals surface area contributed by atoms with E-state index < -0.39 is 12.3 Å². The first-order valence-electron chi connectivity index (χ1n) is 4.09. The lowest BCUT2D eigenvalue weighted by atomic mass is 10.4. The highest BCUT2D eigenvalue weighted by Gasteiger charge is 2.29. The summed E-state index contributed by atoms with van der Waals surface area (Å²) in [6, 6.07) is -1.21. The van der Waals surface area contributed by atoms with Crippen molar-refractivity contribution in [1.29, 1.82) is 0 Å². The van der Waals surface area contributed by atoms with Gasteiger partial charge in [0.25, 0.3) is 0 Å². The summed E-state index contributed by atoms with van der Waals surface area (Å²) in [5, 5.41) is 2.94. The van der Waals surface area contributed by atoms with E-state index in [1.165, 1.54) is 0 Å². The molecule has 0 spiro atoms. The van der Waals surface area contributed by atoms with E-state index in [2.05, 4.69) is 5.32 Å². The van der Waals surface area contributed by atoms with Gasteiger partial charge in [0.05, 0.1) is 0 Å². The number of urea groups is 1. The van der Waals surface area contributed by atoms with Gasteiger partial charge in [-0.2, -0.15) is 13.2 Å². The number of nitrogens with zero attached hydrogens (tertiary/aromatic N) is 1. The van der Waals surface area contributed by atoms with Gasteiger partial charge in [-0.05, 0) is 27.1 Å². The van der Waals surface area contributed by atoms with E-state index in [0.717, 1.165) is 5.32 Å². The molecule has 0 fully saturated rings. The average molecular weight is 213 g/mol. The third kappa shape index (κ3) is 9.11. The molecule has 0 saturated carbocycles. The Labute approximate surface area is 80.4 Å². The minimum absolute atomic E-state index is 0.222. The summed E-state index contributed by atoms with van der Waals surface area (Å²) in [4.78, 5) is 12.4. The summed E-state index contributed by atoms with van der Waals surface area (Å²) < 4.78 is 34.7. The van der Waals surface area contributed by atoms with Crippen LogP contribution < -0.4 is 10.6 Å². The summed E-state index contributed by atoms with van der Waals surface area (Å²) in [7, 11) is 3.69. The lowest BCUT2D eigenvalue weighted by Crippen LogP contribution is -2.44. The zero-order valence-electron chi connectivity index (χ0n) is 8.11. The highest BCUT2D eigenvalue weighted by atomic mass is 19.4. The van der Waals surface area contributed by atoms with Gasteiger partial charge in [0.15, 0.2) is 0 Å². The van der Waals surface area contributed by atoms with Gasteiger partial charge < -0.3 is 10.2 Å². The van der Waals surface area contributed by atoms with E-state index in [0.29, 0.717) is 13.0 Å². The van der Waals surface area contributed by atoms with Gasteiger partial charge in [-0.3, -0.25) is 0 Å². The van der Waals surface area contributed by atoms with Crippen LogP contribution in [0.5, 0.6) is 0 Å². The summed E-state index contributed by atoms with van der Waals surface area (Å²) >= 11 is 0. The number of hydrogen-bond acceptors (Lipinski definition) is 2. The highest BCUT2D eigenvalue weighted by Crippen LogP contribution is 2.08. The Balaban J connectivity index is 3.46. The minimum Gasteiger partial charge on any atom is -0.338 e. The molecule has 0 aliphatic rings. The number of amides is 2. The molecule has 2 amide bonds. The zero-order chi connectivity index (χ0) is 11.2. The SMILES string of the molecule is CN(C)CCCNC(=O)NC(F)(F)F. The van der Waals surface area contributed by atoms with Crippen LogP contribution in [0.1, 0.15) is 6.42 Å². The first-order chi connectivity index (χ1) is 6.31. The summed E-state index contributed by atoms with van der Waals surface area (Å²) in [6.45, 7) is 0.937. The van der Waals surface area contributed by atoms with Crippen molar-refractivity contribution in [3.05, 3.63) is 0 Å². The topological polar surface area (TPSA) is 44.4 Å². The number of rotatable bonds is 4. The molecule has 0 aromatic carbocycles. The molecule has 0 atom stereocenters. The van der Waals surface area contributed by atoms with Crippen molar-refractivity contribution >= 4 is 6.03 Å². The van der Waals surface area contributed by atoms with Gasteiger partial charge in [-0.1, -0.05) is 0 Å². The Bertz CT molecular complexity index is 182. The number of alkyl halides is 3. The van der Waals surface area contributed by atoms with Gasteiger partial charge >= 0.3 is 12.3 Å². The Morgan fingerprint density at radius 1 is 1.36 bits per heavy atom. The number of carbonyl (C=O) groups is 1. The van der Waals surface area contributed by atoms with Crippen LogP contribution in [-0.4, -0.2) is 44.4 Å². The van der Waals surface area contributed by atoms with Crippen LogP contribution in [0.15, 0.2) is 0 Å². The van der Waals surface area contributed by atoms with E-state index in [1.807, 2.05) is 19.0 Å². The van der Waals surface area contributed by atoms with Gasteiger partial charge in [0.1, 0.15) is 0 Å². The van der Waals surface area contributed by atoms with E-state index in [-0.39, 0.29) is 6.54 Å². The third-order valence-corrected chi connectivity index (χ3v) is 1.32. The summed E-state index contributed by atoms with van der Waals surface area (Å²) in [6.07, 6.45) is -4.05. The molecular weight excluding hydrogens is 199 g/mol. The number of halogens is 3. The second-order valence-corrected chi connectivity index (χ2v) is 3.04. The smallest absolute Gasteiger partial charge is 0.338 e. The average Bonchev–Trinajstić information content (AvgIpc) is 1.94. The highest BCUT2D eigenvalue weighted by molar-refractivity contribution is 5.74. The molecule has 7 heteroatoms. The van der Waals surface area contributed by atoms with Crippen molar-refractivity contribution in [2.75, 3.05) is 27.2 Å². The van der Waals surface area contributed by atoms with Crippen molar-refractivity contribution in [3.63, 3.8) is 0 Å². The van der Waals surface area contributed by atoms with E-state index in [4.69, 9.17) is 0 Å². The summed E-state index contributed by atoms with van der Waals surface area (Å²) in [5.41, 5.74) is 0. The molecule has 2 N–H and O–H groups in total. The van der Waals surface area contributed by atoms with Crippen LogP contribution >= 0.6 is 0 Å². The van der Waals surface area contributed by atoms with Crippen molar-refractivity contribution in [2.24, 2.45) is 0 Å². The lowest BCUT2D eigenvalue weighted by molar-refractivity contribution is -0.145. The largest absolute Gasteiger partial charge is 0.485 e. The van der Waals surface area contributed by atoms with Crippen LogP contribution in [0.3, 0.4) is 0 Å². The molecule has 0 aromatic heterocycles. The second-order valence-electron chi connectivity index (χ2n) is 3.04. The molecule has 0 bridgehead atoms. The van der Waals surface area contributed by atoms with Crippen LogP contribution in [0.2, 0.25) is 0 Å². The Morgan fingerprint density at radius 2 is 1.93 bits per heavy atom. The molecule has 84 valence electrons. The number of hydrogen-bond donors (Lipinski definition) is 2. The first kappa shape index (κ1) is 13.0. The van der Waals surface area contributed by atoms with E-state index >= 15 is 0 Å². The normalized spacial score (nSPS) is 11.6. The molecule has 0 heterocycles. The Kier molecular flexibility index (Phi) is 5.29. The van der Waals surface area contributed by atoms with Gasteiger partial charge in [-0.25, -0.2) is 10.1 Å². The Morgan fingerprint density at radius 3 is 2.36 bits per heavy atom. The predicted octanol–water partition coefficient (Wildman–Crippen LogP) is 0.757. The third-order valence-electron chi connectivity index (χ3n) is 1.32. The van der Waals surface area contributed by atoms with E-state index in [9.17, 15) is 18.0 Å². The van der Waals surface area contributed by atoms with Crippen LogP contribution in [0, 0.1) is 0 Å². The lowest BCUT2D eigenvalue weighted by Gasteiger charge is -2.11. The van der Waals surface area contributed by atoms with Gasteiger partial charge in [0.2, 0.25) is 0 Å². The molecule has 0 aliphatic carbocycles. The van der Waals surface area contributed by atoms with Crippen molar-refractivity contribution in [1.82, 2.24) is 15.5 Å². The quantitative estimate of drug-likeness (QED) is 0.535. The zero-order valence-corrected chi connectivity index (χ0v) is 8.11. The molecule has 0 unspecified atom stereocenters. The predicted molar refractivity (Wildman–Crippen MR) is 45.8 cm³/mol. The van der Waals surface area contributed by atoms with Crippen molar-refractivity contribution in [3.8, 4) is 0 Å². The molecule has 4 nitrogen and oxygen atoms in total. The standard InChI is InChI=1S/C7H14F3N3O/c1-13(2)5-3-4-11-6(14)12-7(8,9)10/h3-5H2,1-2H3,(H2,11,12,14). The maximum absolute atomic E-state index is 11.6. The number of nitrogens with one attached hydrogen (secondary N) is 2. The fourth-order valence-corrected chi connectivity index (χ4v) is 0.770. The molecular formula is C7H14F3N3O. The molecule has 0 rings (SSSR count). The van der Waals surface area contributed by atoms with Gasteiger partial charge in [-0.15, -0.1) is 0 Å². The maximum atomic E-state index is 11.6. The fourth-order valence-electron chi connectivity index (χ4n) is 0.770. The molecule has 0 aliphatic heterocycles. The summed E-state index contributed by atoms with van der Waals surface area (Å²) in [5.74, 6) is 0. The molecule has 14 heavy (non-hydrogen) atoms. The van der Waals surface area contributed by atoms with Crippen LogP contribution in [-0.2, 0) is 0 Å². The monoisotopic (exact) mass is 213 g/mol. The van der Waals surface area contributed by atoms with Crippen LogP contribution in [0.25, 0.3) is 0 Å². The van der Waals surface area contributed by atoms with Crippen molar-refractivity contribution < 1.29 is 18.0 Å². The molecule has 0 aromatic rings. The van der Waals surface area contributed by atoms with Crippen molar-refractivity contribution in [2.45, 2.75) is 12.7 Å². The first-order valence-corrected chi connectivity index (χ1v) is 4.09. The maximum Gasteiger partial charge on any atom is 0.485 e. The minimum atomic E-state index is -4.66. The van der Waals surface area contributed by atoms with E-state index in [1.54, 1.807) is 0 Å².